The Hall–Kier alpha value is -3.61. The summed E-state index contributed by atoms with van der Waals surface area (Å²) in [5, 5.41) is 13.1. The Kier molecular flexibility index (Phi) is 9.26. The van der Waals surface area contributed by atoms with Crippen LogP contribution < -0.4 is 5.32 Å². The first kappa shape index (κ1) is 29.9. The number of anilines is 1. The Morgan fingerprint density at radius 3 is 2.54 bits per heavy atom. The number of likely N-dealkylation sites (tertiary alicyclic amines) is 1. The highest BCUT2D eigenvalue weighted by Crippen LogP contribution is 2.28. The van der Waals surface area contributed by atoms with E-state index in [2.05, 4.69) is 16.4 Å². The van der Waals surface area contributed by atoms with E-state index in [1.165, 1.54) is 0 Å². The Bertz CT molecular complexity index is 1170. The molecule has 2 aromatic rings. The highest BCUT2D eigenvalue weighted by Gasteiger charge is 2.38. The van der Waals surface area contributed by atoms with Crippen LogP contribution in [0.5, 0.6) is 0 Å². The van der Waals surface area contributed by atoms with Gasteiger partial charge in [-0.15, -0.1) is 0 Å². The van der Waals surface area contributed by atoms with Crippen LogP contribution in [0.3, 0.4) is 0 Å². The third-order valence-corrected chi connectivity index (χ3v) is 6.23. The maximum absolute atomic E-state index is 14.2. The van der Waals surface area contributed by atoms with Crippen molar-refractivity contribution < 1.29 is 18.7 Å². The van der Waals surface area contributed by atoms with Crippen LogP contribution in [-0.2, 0) is 16.7 Å². The normalized spacial score (nSPS) is 18.0. The van der Waals surface area contributed by atoms with Crippen LogP contribution in [0.1, 0.15) is 83.8 Å². The number of piperidine rings is 1. The maximum Gasteiger partial charge on any atom is 0.410 e. The summed E-state index contributed by atoms with van der Waals surface area (Å²) in [6.45, 7) is 16.9. The molecule has 0 saturated carbocycles. The van der Waals surface area contributed by atoms with E-state index in [9.17, 15) is 14.9 Å². The number of ether oxygens (including phenoxy) is 1. The molecule has 1 aliphatic heterocycles. The van der Waals surface area contributed by atoms with E-state index in [-0.39, 0.29) is 36.4 Å². The summed E-state index contributed by atoms with van der Waals surface area (Å²) in [7, 11) is 0. The minimum atomic E-state index is -0.666. The minimum Gasteiger partial charge on any atom is -0.467 e. The molecule has 1 saturated heterocycles. The molecular formula is C29H42N6O4. The monoisotopic (exact) mass is 538 g/mol. The van der Waals surface area contributed by atoms with Crippen LogP contribution in [0.2, 0.25) is 0 Å². The average molecular weight is 539 g/mol. The zero-order chi connectivity index (χ0) is 29.0. The van der Waals surface area contributed by atoms with Gasteiger partial charge in [-0.25, -0.2) is 14.8 Å². The van der Waals surface area contributed by atoms with Crippen LogP contribution in [0.15, 0.2) is 29.0 Å². The van der Waals surface area contributed by atoms with E-state index in [1.54, 1.807) is 49.1 Å². The quantitative estimate of drug-likeness (QED) is 0.508. The van der Waals surface area contributed by atoms with Crippen LogP contribution in [0.25, 0.3) is 0 Å². The van der Waals surface area contributed by atoms with E-state index in [4.69, 9.17) is 14.1 Å². The van der Waals surface area contributed by atoms with Crippen molar-refractivity contribution in [2.45, 2.75) is 85.4 Å². The van der Waals surface area contributed by atoms with E-state index in [0.717, 1.165) is 0 Å². The van der Waals surface area contributed by atoms with Gasteiger partial charge in [0.05, 0.1) is 30.8 Å². The van der Waals surface area contributed by atoms with Crippen LogP contribution in [0, 0.1) is 23.2 Å². The largest absolute Gasteiger partial charge is 0.467 e. The van der Waals surface area contributed by atoms with E-state index in [1.807, 2.05) is 40.7 Å². The predicted molar refractivity (Wildman–Crippen MR) is 148 cm³/mol. The fraction of sp³-hybridized carbons (Fsp3) is 0.621. The first-order valence-electron chi connectivity index (χ1n) is 13.5. The Morgan fingerprint density at radius 1 is 1.26 bits per heavy atom. The molecule has 2 atom stereocenters. The second-order valence-electron chi connectivity index (χ2n) is 12.6. The molecule has 3 rings (SSSR count). The van der Waals surface area contributed by atoms with E-state index >= 15 is 0 Å². The van der Waals surface area contributed by atoms with Crippen molar-refractivity contribution in [1.82, 2.24) is 19.8 Å². The molecule has 212 valence electrons. The first-order valence-corrected chi connectivity index (χ1v) is 13.5. The molecular weight excluding hydrogens is 496 g/mol. The van der Waals surface area contributed by atoms with E-state index < -0.39 is 17.6 Å². The van der Waals surface area contributed by atoms with Crippen LogP contribution in [-0.4, -0.2) is 63.0 Å². The Labute approximate surface area is 231 Å². The number of aromatic nitrogens is 2. The van der Waals surface area contributed by atoms with Crippen molar-refractivity contribution in [3.63, 3.8) is 0 Å². The van der Waals surface area contributed by atoms with Gasteiger partial charge in [-0.1, -0.05) is 34.6 Å². The lowest BCUT2D eigenvalue weighted by molar-refractivity contribution is 0.00497. The summed E-state index contributed by atoms with van der Waals surface area (Å²) in [6, 6.07) is 5.59. The Morgan fingerprint density at radius 2 is 1.97 bits per heavy atom. The number of nitrogens with one attached hydrogen (secondary N) is 1. The average Bonchev–Trinajstić information content (AvgIpc) is 3.37. The number of carbonyl (C=O) groups is 2. The van der Waals surface area contributed by atoms with Gasteiger partial charge < -0.3 is 24.3 Å². The van der Waals surface area contributed by atoms with Gasteiger partial charge >= 0.3 is 6.09 Å². The molecule has 1 unspecified atom stereocenters. The van der Waals surface area contributed by atoms with Gasteiger partial charge in [-0.3, -0.25) is 4.79 Å². The van der Waals surface area contributed by atoms with Crippen molar-refractivity contribution >= 4 is 17.8 Å². The maximum atomic E-state index is 14.2. The molecule has 39 heavy (non-hydrogen) atoms. The van der Waals surface area contributed by atoms with Gasteiger partial charge in [-0.05, 0) is 45.2 Å². The summed E-state index contributed by atoms with van der Waals surface area (Å²) < 4.78 is 11.1. The fourth-order valence-electron chi connectivity index (χ4n) is 4.43. The molecule has 1 fully saturated rings. The van der Waals surface area contributed by atoms with Gasteiger partial charge in [0.2, 0.25) is 0 Å². The number of hydrogen-bond donors (Lipinski definition) is 1. The summed E-state index contributed by atoms with van der Waals surface area (Å²) in [4.78, 5) is 39.7. The molecule has 1 N–H and O–H groups in total. The SMILES string of the molecule is CC(C)CN(C(=O)c1cnc(C(C)(C)C)nc1NCc1ccco1)C1C[C@@H](C#N)CN(C(=O)OC(C)(C)C)C1. The molecule has 3 heterocycles. The number of nitriles is 1. The van der Waals surface area contributed by atoms with Crippen LogP contribution in [0.4, 0.5) is 10.6 Å². The number of rotatable bonds is 7. The molecule has 10 heteroatoms. The molecule has 2 aromatic heterocycles. The third kappa shape index (κ3) is 8.19. The lowest BCUT2D eigenvalue weighted by Gasteiger charge is -2.42. The van der Waals surface area contributed by atoms with Crippen molar-refractivity contribution in [1.29, 1.82) is 5.26 Å². The molecule has 10 nitrogen and oxygen atoms in total. The predicted octanol–water partition coefficient (Wildman–Crippen LogP) is 5.23. The number of nitrogens with zero attached hydrogens (tertiary/aromatic N) is 5. The summed E-state index contributed by atoms with van der Waals surface area (Å²) >= 11 is 0. The number of furan rings is 1. The molecule has 1 aliphatic rings. The van der Waals surface area contributed by atoms with Crippen molar-refractivity contribution in [2.24, 2.45) is 11.8 Å². The summed E-state index contributed by atoms with van der Waals surface area (Å²) in [5.41, 5.74) is -0.657. The first-order chi connectivity index (χ1) is 18.2. The summed E-state index contributed by atoms with van der Waals surface area (Å²) in [6.07, 6.45) is 3.15. The molecule has 0 bridgehead atoms. The fourth-order valence-corrected chi connectivity index (χ4v) is 4.43. The zero-order valence-electron chi connectivity index (χ0n) is 24.4. The smallest absolute Gasteiger partial charge is 0.410 e. The van der Waals surface area contributed by atoms with Gasteiger partial charge in [0.1, 0.15) is 28.6 Å². The molecule has 0 aliphatic carbocycles. The topological polar surface area (TPSA) is 125 Å². The Balaban J connectivity index is 1.96. The lowest BCUT2D eigenvalue weighted by Crippen LogP contribution is -2.55. The van der Waals surface area contributed by atoms with Crippen molar-refractivity contribution in [2.75, 3.05) is 25.0 Å². The highest BCUT2D eigenvalue weighted by molar-refractivity contribution is 5.98. The highest BCUT2D eigenvalue weighted by atomic mass is 16.6. The second-order valence-corrected chi connectivity index (χ2v) is 12.6. The van der Waals surface area contributed by atoms with Gasteiger partial charge in [0, 0.05) is 31.2 Å². The minimum absolute atomic E-state index is 0.153. The van der Waals surface area contributed by atoms with Crippen molar-refractivity contribution in [3.8, 4) is 6.07 Å². The zero-order valence-corrected chi connectivity index (χ0v) is 24.4. The van der Waals surface area contributed by atoms with Crippen LogP contribution >= 0.6 is 0 Å². The summed E-state index contributed by atoms with van der Waals surface area (Å²) in [5.74, 6) is 1.21. The number of hydrogen-bond acceptors (Lipinski definition) is 8. The van der Waals surface area contributed by atoms with Gasteiger partial charge in [0.15, 0.2) is 0 Å². The van der Waals surface area contributed by atoms with Gasteiger partial charge in [0.25, 0.3) is 5.91 Å². The molecule has 0 aromatic carbocycles. The van der Waals surface area contributed by atoms with E-state index in [0.29, 0.717) is 42.5 Å². The molecule has 0 spiro atoms. The number of amides is 2. The lowest BCUT2D eigenvalue weighted by atomic mass is 9.93. The molecule has 0 radical (unpaired) electrons. The standard InChI is InChI=1S/C29H42N6O4/c1-19(2)16-35(21-12-20(13-30)17-34(18-21)27(37)39-29(6,7)8)25(36)23-15-32-26(28(3,4)5)33-24(23)31-14-22-10-9-11-38-22/h9-11,15,19-21H,12,14,16-18H2,1-8H3,(H,31,32,33)/t20-,21?/m0/s1. The number of carbonyl (C=O) groups excluding carboxylic acids is 2. The third-order valence-electron chi connectivity index (χ3n) is 6.23. The molecule has 2 amide bonds. The second kappa shape index (κ2) is 12.1. The van der Waals surface area contributed by atoms with Gasteiger partial charge in [-0.2, -0.15) is 5.26 Å². The van der Waals surface area contributed by atoms with Crippen molar-refractivity contribution in [3.05, 3.63) is 41.7 Å².